The SMILES string of the molecule is COc1cc(C[C@@H](CO)[C@H](CO)Cc2ccc(O[C@@H]3O[C@H](O[C@H]4[C@@H](OC(=O)/C=C/c5ccc(O)c(O)c5)C[C@](O)(C(=O)O)C[C@@H]4O)[C@@H](O)[C@H](O)[C@H]3O)c(OC)c2)ccc1O. The average molecular weight is 847 g/mol. The molecule has 2 aliphatic rings. The number of carbonyl (C=O) groups is 2. The zero-order valence-electron chi connectivity index (χ0n) is 32.6. The Balaban J connectivity index is 1.30. The maximum atomic E-state index is 12.9. The number of carbonyl (C=O) groups excluding carboxylic acids is 1. The molecule has 0 amide bonds. The van der Waals surface area contributed by atoms with Gasteiger partial charge in [-0.15, -0.1) is 0 Å². The van der Waals surface area contributed by atoms with Gasteiger partial charge in [0.1, 0.15) is 30.5 Å². The maximum Gasteiger partial charge on any atom is 0.335 e. The summed E-state index contributed by atoms with van der Waals surface area (Å²) in [5.74, 6) is -4.20. The third-order valence-corrected chi connectivity index (χ3v) is 10.6. The maximum absolute atomic E-state index is 12.9. The number of rotatable bonds is 17. The lowest BCUT2D eigenvalue weighted by atomic mass is 9.79. The van der Waals surface area contributed by atoms with Crippen LogP contribution in [0, 0.1) is 11.8 Å². The summed E-state index contributed by atoms with van der Waals surface area (Å²) >= 11 is 0. The minimum absolute atomic E-state index is 0.00662. The molecule has 5 rings (SSSR count). The van der Waals surface area contributed by atoms with Gasteiger partial charge in [0.05, 0.1) is 20.3 Å². The van der Waals surface area contributed by atoms with Crippen molar-refractivity contribution in [2.24, 2.45) is 11.8 Å². The van der Waals surface area contributed by atoms with Crippen LogP contribution in [0.5, 0.6) is 34.5 Å². The molecule has 1 saturated heterocycles. The lowest BCUT2D eigenvalue weighted by Crippen LogP contribution is -2.63. The third kappa shape index (κ3) is 10.7. The molecule has 3 aromatic rings. The van der Waals surface area contributed by atoms with Gasteiger partial charge in [-0.3, -0.25) is 0 Å². The number of phenols is 3. The fourth-order valence-corrected chi connectivity index (χ4v) is 7.16. The van der Waals surface area contributed by atoms with Gasteiger partial charge in [0.2, 0.25) is 6.29 Å². The van der Waals surface area contributed by atoms with Gasteiger partial charge in [0, 0.05) is 32.1 Å². The van der Waals surface area contributed by atoms with E-state index in [9.17, 15) is 65.8 Å². The number of aliphatic carboxylic acids is 1. The van der Waals surface area contributed by atoms with E-state index in [-0.39, 0.29) is 48.2 Å². The van der Waals surface area contributed by atoms with Crippen LogP contribution in [0.1, 0.15) is 29.5 Å². The molecule has 0 unspecified atom stereocenters. The molecule has 2 fully saturated rings. The Morgan fingerprint density at radius 3 is 1.97 bits per heavy atom. The van der Waals surface area contributed by atoms with Crippen LogP contribution in [0.2, 0.25) is 0 Å². The molecule has 60 heavy (non-hydrogen) atoms. The largest absolute Gasteiger partial charge is 0.504 e. The van der Waals surface area contributed by atoms with Crippen molar-refractivity contribution < 1.29 is 94.2 Å². The van der Waals surface area contributed by atoms with Gasteiger partial charge in [0.25, 0.3) is 0 Å². The first-order valence-corrected chi connectivity index (χ1v) is 18.8. The highest BCUT2D eigenvalue weighted by atomic mass is 16.8. The molecule has 0 spiro atoms. The van der Waals surface area contributed by atoms with Crippen LogP contribution in [0.4, 0.5) is 0 Å². The molecule has 1 saturated carbocycles. The predicted octanol–water partition coefficient (Wildman–Crippen LogP) is -0.0525. The van der Waals surface area contributed by atoms with E-state index in [2.05, 4.69) is 0 Å². The normalized spacial score (nSPS) is 27.8. The second kappa shape index (κ2) is 19.9. The molecule has 1 aliphatic heterocycles. The number of esters is 1. The molecule has 1 heterocycles. The zero-order chi connectivity index (χ0) is 43.9. The van der Waals surface area contributed by atoms with Crippen molar-refractivity contribution in [3.63, 3.8) is 0 Å². The summed E-state index contributed by atoms with van der Waals surface area (Å²) in [6, 6.07) is 13.2. The van der Waals surface area contributed by atoms with Crippen LogP contribution in [0.15, 0.2) is 60.7 Å². The van der Waals surface area contributed by atoms with Crippen LogP contribution >= 0.6 is 0 Å². The number of ether oxygens (including phenoxy) is 6. The molecular formula is C41H50O19. The van der Waals surface area contributed by atoms with E-state index >= 15 is 0 Å². The van der Waals surface area contributed by atoms with E-state index in [0.29, 0.717) is 12.0 Å². The van der Waals surface area contributed by atoms with E-state index in [0.717, 1.165) is 17.7 Å². The average Bonchev–Trinajstić information content (AvgIpc) is 3.22. The van der Waals surface area contributed by atoms with Gasteiger partial charge in [-0.1, -0.05) is 18.2 Å². The summed E-state index contributed by atoms with van der Waals surface area (Å²) in [6.45, 7) is -0.537. The second-order valence-electron chi connectivity index (χ2n) is 14.7. The number of aliphatic hydroxyl groups is 7. The summed E-state index contributed by atoms with van der Waals surface area (Å²) in [6.07, 6.45) is -13.6. The first-order valence-electron chi connectivity index (χ1n) is 18.8. The Labute approximate surface area is 343 Å². The fraction of sp³-hybridized carbons (Fsp3) is 0.463. The highest BCUT2D eigenvalue weighted by Gasteiger charge is 2.54. The van der Waals surface area contributed by atoms with Crippen molar-refractivity contribution in [1.29, 1.82) is 0 Å². The molecule has 0 radical (unpaired) electrons. The standard InChI is InChI=1S/C41H50O19/c1-55-30-14-21(4-8-26(30)45)11-23(18-42)24(19-43)12-22-5-9-29(31(15-22)56-2)58-38-35(50)34(49)36(51)39(60-38)59-37-28(47)16-41(54,40(52)53)17-32(37)57-33(48)10-6-20-3-7-25(44)27(46)13-20/h3-10,13-15,23-24,28,32,34-39,42-47,49-51,54H,11-12,16-19H2,1-2H3,(H,52,53)/b10-6+/t23-,24-,28-,32-,34+,35+,36-,37+,38+,39-,41-/m0/s1. The second-order valence-corrected chi connectivity index (χ2v) is 14.7. The summed E-state index contributed by atoms with van der Waals surface area (Å²) in [4.78, 5) is 24.8. The minimum Gasteiger partial charge on any atom is -0.504 e. The number of phenolic OH excluding ortho intramolecular Hbond substituents is 3. The van der Waals surface area contributed by atoms with Gasteiger partial charge in [-0.2, -0.15) is 0 Å². The summed E-state index contributed by atoms with van der Waals surface area (Å²) in [5.41, 5.74) is -0.894. The van der Waals surface area contributed by atoms with Gasteiger partial charge < -0.3 is 84.6 Å². The zero-order valence-corrected chi connectivity index (χ0v) is 32.6. The molecule has 19 nitrogen and oxygen atoms in total. The van der Waals surface area contributed by atoms with Gasteiger partial charge in [-0.25, -0.2) is 9.59 Å². The highest BCUT2D eigenvalue weighted by Crippen LogP contribution is 2.38. The number of carboxylic acid groups (broad SMARTS) is 1. The van der Waals surface area contributed by atoms with Crippen LogP contribution in [0.3, 0.4) is 0 Å². The van der Waals surface area contributed by atoms with Gasteiger partial charge >= 0.3 is 11.9 Å². The predicted molar refractivity (Wildman–Crippen MR) is 205 cm³/mol. The van der Waals surface area contributed by atoms with E-state index in [1.54, 1.807) is 24.3 Å². The van der Waals surface area contributed by atoms with Crippen LogP contribution in [-0.4, -0.2) is 150 Å². The smallest absolute Gasteiger partial charge is 0.335 e. The summed E-state index contributed by atoms with van der Waals surface area (Å²) in [7, 11) is 2.75. The summed E-state index contributed by atoms with van der Waals surface area (Å²) < 4.78 is 33.5. The number of aliphatic hydroxyl groups excluding tert-OH is 6. The van der Waals surface area contributed by atoms with Crippen molar-refractivity contribution in [3.05, 3.63) is 77.4 Å². The van der Waals surface area contributed by atoms with Crippen LogP contribution in [0.25, 0.3) is 6.08 Å². The van der Waals surface area contributed by atoms with Crippen LogP contribution in [-0.2, 0) is 36.6 Å². The molecule has 0 aromatic heterocycles. The number of benzene rings is 3. The number of hydrogen-bond acceptors (Lipinski definition) is 18. The summed E-state index contributed by atoms with van der Waals surface area (Å²) in [5, 5.41) is 114. The highest BCUT2D eigenvalue weighted by molar-refractivity contribution is 5.87. The van der Waals surface area contributed by atoms with Crippen molar-refractivity contribution in [2.45, 2.75) is 80.5 Å². The molecule has 3 aromatic carbocycles. The molecule has 1 aliphatic carbocycles. The van der Waals surface area contributed by atoms with Crippen molar-refractivity contribution >= 4 is 18.0 Å². The molecule has 19 heteroatoms. The number of methoxy groups -OCH3 is 2. The van der Waals surface area contributed by atoms with Gasteiger partial charge in [-0.05, 0) is 83.8 Å². The molecule has 11 N–H and O–H groups in total. The quantitative estimate of drug-likeness (QED) is 0.0482. The lowest BCUT2D eigenvalue weighted by Gasteiger charge is -2.45. The Morgan fingerprint density at radius 1 is 0.767 bits per heavy atom. The van der Waals surface area contributed by atoms with Gasteiger partial charge in [0.15, 0.2) is 46.4 Å². The number of carboxylic acids is 1. The lowest BCUT2D eigenvalue weighted by molar-refractivity contribution is -0.354. The van der Waals surface area contributed by atoms with Crippen molar-refractivity contribution in [1.82, 2.24) is 0 Å². The minimum atomic E-state index is -2.58. The van der Waals surface area contributed by atoms with Crippen molar-refractivity contribution in [2.75, 3.05) is 27.4 Å². The molecule has 11 atom stereocenters. The molecule has 328 valence electrons. The monoisotopic (exact) mass is 846 g/mol. The molecule has 0 bridgehead atoms. The Hall–Kier alpha value is -5.22. The van der Waals surface area contributed by atoms with E-state index in [4.69, 9.17) is 28.4 Å². The van der Waals surface area contributed by atoms with E-state index in [1.165, 1.54) is 44.6 Å². The topological polar surface area (TPSA) is 312 Å². The van der Waals surface area contributed by atoms with Crippen molar-refractivity contribution in [3.8, 4) is 34.5 Å². The third-order valence-electron chi connectivity index (χ3n) is 10.6. The fourth-order valence-electron chi connectivity index (χ4n) is 7.16. The first kappa shape index (κ1) is 45.9. The number of aromatic hydroxyl groups is 3. The van der Waals surface area contributed by atoms with E-state index < -0.39 is 103 Å². The van der Waals surface area contributed by atoms with Crippen LogP contribution < -0.4 is 14.2 Å². The first-order chi connectivity index (χ1) is 28.5. The molecular weight excluding hydrogens is 796 g/mol. The Bertz CT molecular complexity index is 1970. The Kier molecular flexibility index (Phi) is 15.2. The van der Waals surface area contributed by atoms with E-state index in [1.807, 2.05) is 0 Å². The number of hydrogen-bond donors (Lipinski definition) is 11. The Morgan fingerprint density at radius 2 is 1.37 bits per heavy atom.